The molecule has 24 heteroatoms. The maximum Gasteiger partial charge on any atom is 0.460 e. The second-order valence-electron chi connectivity index (χ2n) is 6.74. The summed E-state index contributed by atoms with van der Waals surface area (Å²) in [4.78, 5) is 0. The molecule has 0 aromatic rings. The van der Waals surface area contributed by atoms with Gasteiger partial charge in [-0.2, -0.15) is 101 Å². The number of hydrogen-bond acceptors (Lipinski definition) is 1. The van der Waals surface area contributed by atoms with Crippen molar-refractivity contribution >= 4 is 0 Å². The van der Waals surface area contributed by atoms with Crippen molar-refractivity contribution in [3.8, 4) is 0 Å². The molecule has 0 aromatic heterocycles. The largest absolute Gasteiger partial charge is 0.460 e. The number of halogens is 23. The number of hydrogen-bond donors (Lipinski definition) is 1. The van der Waals surface area contributed by atoms with Crippen LogP contribution in [0.1, 0.15) is 6.42 Å². The lowest BCUT2D eigenvalue weighted by Crippen LogP contribution is -2.77. The molecule has 0 saturated carbocycles. The average molecular weight is 599 g/mol. The van der Waals surface area contributed by atoms with Gasteiger partial charge in [0, 0.05) is 0 Å². The van der Waals surface area contributed by atoms with Gasteiger partial charge in [0.05, 0.1) is 6.42 Å². The minimum Gasteiger partial charge on any atom is -0.272 e. The third-order valence-electron chi connectivity index (χ3n) is 4.03. The summed E-state index contributed by atoms with van der Waals surface area (Å²) in [6.07, 6.45) is -12.2. The Hall–Kier alpha value is -1.65. The van der Waals surface area contributed by atoms with Gasteiger partial charge in [0.15, 0.2) is 0 Å². The zero-order valence-electron chi connectivity index (χ0n) is 15.5. The van der Waals surface area contributed by atoms with E-state index in [1.807, 2.05) is 0 Å². The van der Waals surface area contributed by atoms with Crippen LogP contribution in [0.25, 0.3) is 0 Å². The van der Waals surface area contributed by atoms with E-state index >= 15 is 0 Å². The first-order valence-electron chi connectivity index (χ1n) is 7.59. The van der Waals surface area contributed by atoms with Crippen molar-refractivity contribution in [1.29, 1.82) is 0 Å². The van der Waals surface area contributed by atoms with Gasteiger partial charge in [-0.05, 0) is 0 Å². The van der Waals surface area contributed by atoms with Crippen molar-refractivity contribution in [2.45, 2.75) is 71.9 Å². The van der Waals surface area contributed by atoms with Crippen LogP contribution in [-0.2, 0) is 0 Å². The van der Waals surface area contributed by atoms with E-state index in [0.29, 0.717) is 0 Å². The predicted octanol–water partition coefficient (Wildman–Crippen LogP) is 7.21. The SMILES string of the molecule is NC(F)(F)CC(F)(F)C(F)(F)C(F)(F)C(F)(F)C(F)(F)C(F)(F)C(F)(F)C(F)(F)C(F)(F)C(F)(F)F. The van der Waals surface area contributed by atoms with E-state index < -0.39 is 71.9 Å². The van der Waals surface area contributed by atoms with Gasteiger partial charge in [-0.1, -0.05) is 0 Å². The molecule has 0 heterocycles. The van der Waals surface area contributed by atoms with Crippen LogP contribution in [-0.4, -0.2) is 65.5 Å². The molecular formula is C12H4F23N. The molecule has 36 heavy (non-hydrogen) atoms. The monoisotopic (exact) mass is 599 g/mol. The molecule has 2 N–H and O–H groups in total. The summed E-state index contributed by atoms with van der Waals surface area (Å²) in [5.74, 6) is -79.3. The van der Waals surface area contributed by atoms with Gasteiger partial charge >= 0.3 is 65.5 Å². The third-order valence-corrected chi connectivity index (χ3v) is 4.03. The number of nitrogens with two attached hydrogens (primary N) is 1. The van der Waals surface area contributed by atoms with E-state index in [2.05, 4.69) is 5.73 Å². The summed E-state index contributed by atoms with van der Waals surface area (Å²) in [5.41, 5.74) is 3.41. The Kier molecular flexibility index (Phi) is 7.80. The van der Waals surface area contributed by atoms with Gasteiger partial charge in [-0.25, -0.2) is 0 Å². The summed E-state index contributed by atoms with van der Waals surface area (Å²) in [6, 6.07) is -5.75. The molecule has 0 unspecified atom stereocenters. The van der Waals surface area contributed by atoms with Crippen LogP contribution in [0, 0.1) is 0 Å². The number of rotatable bonds is 10. The fraction of sp³-hybridized carbons (Fsp3) is 1.00. The van der Waals surface area contributed by atoms with E-state index in [9.17, 15) is 101 Å². The lowest BCUT2D eigenvalue weighted by Gasteiger charge is -2.44. The van der Waals surface area contributed by atoms with Gasteiger partial charge in [0.2, 0.25) is 0 Å². The first-order valence-corrected chi connectivity index (χ1v) is 7.59. The zero-order valence-corrected chi connectivity index (χ0v) is 15.5. The molecule has 0 saturated heterocycles. The predicted molar refractivity (Wildman–Crippen MR) is 64.3 cm³/mol. The highest BCUT2D eigenvalue weighted by Gasteiger charge is 2.97. The van der Waals surface area contributed by atoms with Crippen molar-refractivity contribution in [2.75, 3.05) is 0 Å². The van der Waals surface area contributed by atoms with Gasteiger partial charge in [-0.15, -0.1) is 0 Å². The molecule has 0 radical (unpaired) electrons. The Morgan fingerprint density at radius 3 is 0.694 bits per heavy atom. The zero-order chi connectivity index (χ0) is 30.2. The second kappa shape index (κ2) is 8.17. The third kappa shape index (κ3) is 4.36. The lowest BCUT2D eigenvalue weighted by molar-refractivity contribution is -0.474. The van der Waals surface area contributed by atoms with Crippen LogP contribution < -0.4 is 5.73 Å². The highest BCUT2D eigenvalue weighted by molar-refractivity contribution is 5.18. The van der Waals surface area contributed by atoms with Gasteiger partial charge < -0.3 is 0 Å². The minimum atomic E-state index is -9.32. The molecule has 0 aromatic carbocycles. The summed E-state index contributed by atoms with van der Waals surface area (Å²) < 4.78 is 297. The van der Waals surface area contributed by atoms with Crippen molar-refractivity contribution in [1.82, 2.24) is 0 Å². The molecule has 218 valence electrons. The van der Waals surface area contributed by atoms with Gasteiger partial charge in [-0.3, -0.25) is 5.73 Å². The van der Waals surface area contributed by atoms with E-state index in [4.69, 9.17) is 0 Å². The molecule has 0 bridgehead atoms. The van der Waals surface area contributed by atoms with E-state index in [1.165, 1.54) is 0 Å². The fourth-order valence-electron chi connectivity index (χ4n) is 2.00. The minimum absolute atomic E-state index is 3.41. The molecule has 0 aliphatic carbocycles. The molecule has 0 spiro atoms. The molecule has 0 aliphatic heterocycles. The first kappa shape index (κ1) is 34.4. The Bertz CT molecular complexity index is 797. The molecular weight excluding hydrogens is 595 g/mol. The standard InChI is InChI=1S/C12H4F23N/c13-2(14,1-3(15,16)36)4(17,18)5(19,20)6(21,22)7(23,24)8(25,26)9(27,28)10(29,30)11(31,32)12(33,34)35/h1,36H2. The lowest BCUT2D eigenvalue weighted by atomic mass is 9.85. The molecule has 1 nitrogen and oxygen atoms in total. The summed E-state index contributed by atoms with van der Waals surface area (Å²) >= 11 is 0. The van der Waals surface area contributed by atoms with Crippen molar-refractivity contribution in [3.05, 3.63) is 0 Å². The van der Waals surface area contributed by atoms with Crippen molar-refractivity contribution < 1.29 is 101 Å². The summed E-state index contributed by atoms with van der Waals surface area (Å²) in [6.45, 7) is 0. The summed E-state index contributed by atoms with van der Waals surface area (Å²) in [7, 11) is 0. The highest BCUT2D eigenvalue weighted by atomic mass is 19.4. The fourth-order valence-corrected chi connectivity index (χ4v) is 2.00. The van der Waals surface area contributed by atoms with E-state index in [1.54, 1.807) is 0 Å². The molecule has 0 rings (SSSR count). The van der Waals surface area contributed by atoms with Crippen LogP contribution in [0.2, 0.25) is 0 Å². The Morgan fingerprint density at radius 1 is 0.306 bits per heavy atom. The van der Waals surface area contributed by atoms with Gasteiger partial charge in [0.25, 0.3) is 0 Å². The Balaban J connectivity index is 7.06. The van der Waals surface area contributed by atoms with Gasteiger partial charge in [0.1, 0.15) is 0 Å². The number of alkyl halides is 23. The normalized spacial score (nSPS) is 17.0. The molecule has 0 amide bonds. The van der Waals surface area contributed by atoms with E-state index in [0.717, 1.165) is 0 Å². The highest BCUT2D eigenvalue weighted by Crippen LogP contribution is 2.66. The van der Waals surface area contributed by atoms with Crippen LogP contribution in [0.4, 0.5) is 101 Å². The van der Waals surface area contributed by atoms with Crippen LogP contribution in [0.3, 0.4) is 0 Å². The summed E-state index contributed by atoms with van der Waals surface area (Å²) in [5, 5.41) is 0. The second-order valence-corrected chi connectivity index (χ2v) is 6.74. The topological polar surface area (TPSA) is 26.0 Å². The average Bonchev–Trinajstić information content (AvgIpc) is 2.57. The maximum atomic E-state index is 13.4. The van der Waals surface area contributed by atoms with Crippen LogP contribution >= 0.6 is 0 Å². The molecule has 0 aliphatic rings. The van der Waals surface area contributed by atoms with E-state index in [-0.39, 0.29) is 0 Å². The maximum absolute atomic E-state index is 13.4. The Morgan fingerprint density at radius 2 is 0.500 bits per heavy atom. The van der Waals surface area contributed by atoms with Crippen molar-refractivity contribution in [2.24, 2.45) is 5.73 Å². The Labute approximate surface area is 180 Å². The first-order chi connectivity index (χ1) is 15.0. The molecule has 0 atom stereocenters. The molecule has 0 fully saturated rings. The van der Waals surface area contributed by atoms with Crippen LogP contribution in [0.5, 0.6) is 0 Å². The smallest absolute Gasteiger partial charge is 0.272 e. The van der Waals surface area contributed by atoms with Crippen LogP contribution in [0.15, 0.2) is 0 Å². The van der Waals surface area contributed by atoms with Crippen molar-refractivity contribution in [3.63, 3.8) is 0 Å². The quantitative estimate of drug-likeness (QED) is 0.209.